The lowest BCUT2D eigenvalue weighted by Gasteiger charge is -2.37. The Labute approximate surface area is 139 Å². The molecule has 0 amide bonds. The molecule has 2 aromatic rings. The van der Waals surface area contributed by atoms with Crippen molar-refractivity contribution in [1.82, 2.24) is 14.9 Å². The molecule has 1 aromatic carbocycles. The number of aryl methyl sites for hydroxylation is 1. The van der Waals surface area contributed by atoms with E-state index in [4.69, 9.17) is 0 Å². The molecule has 1 aliphatic heterocycles. The fourth-order valence-corrected chi connectivity index (χ4v) is 3.22. The summed E-state index contributed by atoms with van der Waals surface area (Å²) >= 11 is 0. The van der Waals surface area contributed by atoms with E-state index in [0.29, 0.717) is 6.04 Å². The highest BCUT2D eigenvalue weighted by atomic mass is 15.2. The van der Waals surface area contributed by atoms with Gasteiger partial charge < -0.3 is 5.32 Å². The summed E-state index contributed by atoms with van der Waals surface area (Å²) in [5.41, 5.74) is 2.31. The molecular formula is C19H26N4. The monoisotopic (exact) mass is 310 g/mol. The Morgan fingerprint density at radius 2 is 1.91 bits per heavy atom. The van der Waals surface area contributed by atoms with Gasteiger partial charge in [-0.25, -0.2) is 4.98 Å². The summed E-state index contributed by atoms with van der Waals surface area (Å²) < 4.78 is 0. The molecule has 23 heavy (non-hydrogen) atoms. The first-order chi connectivity index (χ1) is 11.2. The van der Waals surface area contributed by atoms with Crippen molar-refractivity contribution in [3.63, 3.8) is 0 Å². The number of rotatable bonds is 5. The molecule has 122 valence electrons. The van der Waals surface area contributed by atoms with Crippen molar-refractivity contribution in [3.05, 3.63) is 54.0 Å². The average molecular weight is 310 g/mol. The van der Waals surface area contributed by atoms with Crippen LogP contribution in [0.5, 0.6) is 0 Å². The second kappa shape index (κ2) is 7.55. The summed E-state index contributed by atoms with van der Waals surface area (Å²) in [6.07, 6.45) is 6.15. The number of hydrogen-bond acceptors (Lipinski definition) is 4. The molecule has 2 heterocycles. The minimum atomic E-state index is 0.381. The lowest BCUT2D eigenvalue weighted by Crippen LogP contribution is -2.39. The van der Waals surface area contributed by atoms with E-state index in [9.17, 15) is 0 Å². The molecule has 0 bridgehead atoms. The highest BCUT2D eigenvalue weighted by Gasteiger charge is 2.24. The summed E-state index contributed by atoms with van der Waals surface area (Å²) in [6, 6.07) is 11.2. The molecule has 1 aliphatic rings. The first-order valence-electron chi connectivity index (χ1n) is 8.54. The van der Waals surface area contributed by atoms with Gasteiger partial charge in [0, 0.05) is 12.7 Å². The van der Waals surface area contributed by atoms with Crippen LogP contribution in [0.25, 0.3) is 0 Å². The molecule has 0 radical (unpaired) electrons. The van der Waals surface area contributed by atoms with Gasteiger partial charge in [-0.05, 0) is 44.3 Å². The predicted octanol–water partition coefficient (Wildman–Crippen LogP) is 3.67. The first kappa shape index (κ1) is 15.9. The summed E-state index contributed by atoms with van der Waals surface area (Å²) in [5, 5.41) is 3.48. The van der Waals surface area contributed by atoms with Crippen LogP contribution in [0.4, 0.5) is 5.82 Å². The molecule has 1 unspecified atom stereocenters. The molecule has 3 rings (SSSR count). The summed E-state index contributed by atoms with van der Waals surface area (Å²) in [7, 11) is 0. The highest BCUT2D eigenvalue weighted by molar-refractivity contribution is 5.33. The van der Waals surface area contributed by atoms with Gasteiger partial charge in [-0.3, -0.25) is 9.88 Å². The molecule has 1 aromatic heterocycles. The van der Waals surface area contributed by atoms with Crippen LogP contribution >= 0.6 is 0 Å². The summed E-state index contributed by atoms with van der Waals surface area (Å²) in [4.78, 5) is 11.3. The SMILES string of the molecule is Cc1cncc(NCC(c2ccccc2)N2CCC(C)CC2)n1. The van der Waals surface area contributed by atoms with Crippen molar-refractivity contribution in [2.75, 3.05) is 25.0 Å². The number of aromatic nitrogens is 2. The van der Waals surface area contributed by atoms with Crippen LogP contribution in [-0.4, -0.2) is 34.5 Å². The minimum Gasteiger partial charge on any atom is -0.367 e. The van der Waals surface area contributed by atoms with Gasteiger partial charge in [0.1, 0.15) is 5.82 Å². The van der Waals surface area contributed by atoms with E-state index >= 15 is 0 Å². The van der Waals surface area contributed by atoms with Crippen LogP contribution in [0.1, 0.15) is 37.1 Å². The zero-order valence-electron chi connectivity index (χ0n) is 14.1. The topological polar surface area (TPSA) is 41.1 Å². The van der Waals surface area contributed by atoms with Gasteiger partial charge in [0.25, 0.3) is 0 Å². The third kappa shape index (κ3) is 4.29. The molecular weight excluding hydrogens is 284 g/mol. The quantitative estimate of drug-likeness (QED) is 0.915. The highest BCUT2D eigenvalue weighted by Crippen LogP contribution is 2.27. The Kier molecular flexibility index (Phi) is 5.23. The zero-order valence-corrected chi connectivity index (χ0v) is 14.1. The van der Waals surface area contributed by atoms with E-state index in [1.807, 2.05) is 6.92 Å². The van der Waals surface area contributed by atoms with Crippen molar-refractivity contribution in [2.24, 2.45) is 5.92 Å². The van der Waals surface area contributed by atoms with Crippen LogP contribution in [0.2, 0.25) is 0 Å². The molecule has 0 spiro atoms. The second-order valence-corrected chi connectivity index (χ2v) is 6.57. The number of benzene rings is 1. The van der Waals surface area contributed by atoms with Crippen LogP contribution in [0, 0.1) is 12.8 Å². The lowest BCUT2D eigenvalue weighted by atomic mass is 9.95. The lowest BCUT2D eigenvalue weighted by molar-refractivity contribution is 0.143. The standard InChI is InChI=1S/C19H26N4/c1-15-8-10-23(11-9-15)18(17-6-4-3-5-7-17)13-21-19-14-20-12-16(2)22-19/h3-7,12,14-15,18H,8-11,13H2,1-2H3,(H,21,22). The van der Waals surface area contributed by atoms with Crippen LogP contribution in [-0.2, 0) is 0 Å². The molecule has 0 saturated carbocycles. The fourth-order valence-electron chi connectivity index (χ4n) is 3.22. The van der Waals surface area contributed by atoms with Crippen LogP contribution in [0.15, 0.2) is 42.7 Å². The maximum Gasteiger partial charge on any atom is 0.144 e. The van der Waals surface area contributed by atoms with E-state index < -0.39 is 0 Å². The molecule has 1 saturated heterocycles. The van der Waals surface area contributed by atoms with E-state index in [1.54, 1.807) is 12.4 Å². The molecule has 1 atom stereocenters. The van der Waals surface area contributed by atoms with Crippen molar-refractivity contribution in [2.45, 2.75) is 32.7 Å². The number of nitrogens with one attached hydrogen (secondary N) is 1. The van der Waals surface area contributed by atoms with Crippen molar-refractivity contribution in [3.8, 4) is 0 Å². The maximum atomic E-state index is 4.50. The largest absolute Gasteiger partial charge is 0.367 e. The zero-order chi connectivity index (χ0) is 16.1. The van der Waals surface area contributed by atoms with Gasteiger partial charge in [0.05, 0.1) is 17.9 Å². The smallest absolute Gasteiger partial charge is 0.144 e. The van der Waals surface area contributed by atoms with Gasteiger partial charge in [-0.1, -0.05) is 37.3 Å². The van der Waals surface area contributed by atoms with Gasteiger partial charge >= 0.3 is 0 Å². The van der Waals surface area contributed by atoms with Crippen LogP contribution < -0.4 is 5.32 Å². The number of likely N-dealkylation sites (tertiary alicyclic amines) is 1. The van der Waals surface area contributed by atoms with E-state index in [1.165, 1.54) is 31.5 Å². The van der Waals surface area contributed by atoms with Crippen molar-refractivity contribution < 1.29 is 0 Å². The van der Waals surface area contributed by atoms with Crippen molar-refractivity contribution >= 4 is 5.82 Å². The summed E-state index contributed by atoms with van der Waals surface area (Å²) in [6.45, 7) is 7.52. The third-order valence-electron chi connectivity index (χ3n) is 4.67. The molecule has 1 N–H and O–H groups in total. The van der Waals surface area contributed by atoms with Crippen molar-refractivity contribution in [1.29, 1.82) is 0 Å². The first-order valence-corrected chi connectivity index (χ1v) is 8.54. The average Bonchev–Trinajstić information content (AvgIpc) is 2.58. The van der Waals surface area contributed by atoms with Gasteiger partial charge in [0.2, 0.25) is 0 Å². The fraction of sp³-hybridized carbons (Fsp3) is 0.474. The van der Waals surface area contributed by atoms with Gasteiger partial charge in [0.15, 0.2) is 0 Å². The van der Waals surface area contributed by atoms with Gasteiger partial charge in [-0.15, -0.1) is 0 Å². The molecule has 4 heteroatoms. The second-order valence-electron chi connectivity index (χ2n) is 6.57. The predicted molar refractivity (Wildman–Crippen MR) is 94.4 cm³/mol. The van der Waals surface area contributed by atoms with E-state index in [-0.39, 0.29) is 0 Å². The van der Waals surface area contributed by atoms with E-state index in [2.05, 4.69) is 57.4 Å². The van der Waals surface area contributed by atoms with E-state index in [0.717, 1.165) is 24.0 Å². The summed E-state index contributed by atoms with van der Waals surface area (Å²) in [5.74, 6) is 1.70. The Hall–Kier alpha value is -1.94. The number of hydrogen-bond donors (Lipinski definition) is 1. The maximum absolute atomic E-state index is 4.50. The Morgan fingerprint density at radius 1 is 1.17 bits per heavy atom. The molecule has 1 fully saturated rings. The molecule has 4 nitrogen and oxygen atoms in total. The Balaban J connectivity index is 1.73. The van der Waals surface area contributed by atoms with Gasteiger partial charge in [-0.2, -0.15) is 0 Å². The normalized spacial score (nSPS) is 17.8. The Bertz CT molecular complexity index is 606. The third-order valence-corrected chi connectivity index (χ3v) is 4.67. The number of anilines is 1. The molecule has 0 aliphatic carbocycles. The number of nitrogens with zero attached hydrogens (tertiary/aromatic N) is 3. The van der Waals surface area contributed by atoms with Crippen LogP contribution in [0.3, 0.4) is 0 Å². The minimum absolute atomic E-state index is 0.381. The Morgan fingerprint density at radius 3 is 2.61 bits per heavy atom. The number of piperidine rings is 1.